The second kappa shape index (κ2) is 8.44. The Bertz CT molecular complexity index is 725. The summed E-state index contributed by atoms with van der Waals surface area (Å²) in [5.41, 5.74) is 6.19. The molecule has 2 aromatic carbocycles. The van der Waals surface area contributed by atoms with E-state index < -0.39 is 23.9 Å². The minimum absolute atomic E-state index is 0.228. The number of hydrogen-bond acceptors (Lipinski definition) is 3. The van der Waals surface area contributed by atoms with E-state index >= 15 is 0 Å². The second-order valence-electron chi connectivity index (χ2n) is 5.09. The molecule has 0 fully saturated rings. The normalized spacial score (nSPS) is 11.6. The van der Waals surface area contributed by atoms with Gasteiger partial charge in [-0.3, -0.25) is 0 Å². The highest BCUT2D eigenvalue weighted by molar-refractivity contribution is 9.10. The van der Waals surface area contributed by atoms with Gasteiger partial charge in [0, 0.05) is 16.5 Å². The summed E-state index contributed by atoms with van der Waals surface area (Å²) >= 11 is 3.15. The van der Waals surface area contributed by atoms with Crippen molar-refractivity contribution < 1.29 is 18.7 Å². The van der Waals surface area contributed by atoms with Crippen LogP contribution in [0.15, 0.2) is 53.0 Å². The van der Waals surface area contributed by atoms with E-state index in [0.29, 0.717) is 4.47 Å². The van der Waals surface area contributed by atoms with Gasteiger partial charge in [0.25, 0.3) is 0 Å². The lowest BCUT2D eigenvalue weighted by Crippen LogP contribution is -2.45. The smallest absolute Gasteiger partial charge is 0.329 e. The van der Waals surface area contributed by atoms with E-state index in [4.69, 9.17) is 10.5 Å². The molecule has 0 aliphatic heterocycles. The maximum atomic E-state index is 13.7. The highest BCUT2D eigenvalue weighted by atomic mass is 79.9. The Morgan fingerprint density at radius 2 is 1.92 bits per heavy atom. The molecule has 0 saturated carbocycles. The fraction of sp³-hybridized carbons (Fsp3) is 0.176. The molecule has 0 aliphatic rings. The lowest BCUT2D eigenvalue weighted by Gasteiger charge is -2.17. The van der Waals surface area contributed by atoms with Gasteiger partial charge in [-0.2, -0.15) is 0 Å². The first-order chi connectivity index (χ1) is 11.5. The molecule has 2 aromatic rings. The Morgan fingerprint density at radius 3 is 2.54 bits per heavy atom. The largest absolute Gasteiger partial charge is 0.459 e. The highest BCUT2D eigenvalue weighted by Gasteiger charge is 2.22. The topological polar surface area (TPSA) is 81.4 Å². The molecule has 0 bridgehead atoms. The van der Waals surface area contributed by atoms with Crippen molar-refractivity contribution in [1.29, 1.82) is 0 Å². The van der Waals surface area contributed by atoms with E-state index in [0.717, 1.165) is 5.56 Å². The molecule has 0 heterocycles. The van der Waals surface area contributed by atoms with Crippen LogP contribution in [0.5, 0.6) is 0 Å². The molecular weight excluding hydrogens is 379 g/mol. The molecule has 0 aromatic heterocycles. The van der Waals surface area contributed by atoms with Crippen LogP contribution in [0.3, 0.4) is 0 Å². The molecule has 7 heteroatoms. The maximum absolute atomic E-state index is 13.7. The molecule has 2 amide bonds. The Kier molecular flexibility index (Phi) is 6.31. The van der Waals surface area contributed by atoms with Crippen LogP contribution < -0.4 is 11.1 Å². The number of carbonyl (C=O) groups excluding carboxylic acids is 2. The third-order valence-corrected chi connectivity index (χ3v) is 3.76. The fourth-order valence-electron chi connectivity index (χ4n) is 2.10. The van der Waals surface area contributed by atoms with Crippen LogP contribution in [0, 0.1) is 5.82 Å². The molecular formula is C17H16BrFN2O3. The van der Waals surface area contributed by atoms with E-state index in [9.17, 15) is 14.0 Å². The van der Waals surface area contributed by atoms with Gasteiger partial charge in [0.2, 0.25) is 0 Å². The van der Waals surface area contributed by atoms with Gasteiger partial charge >= 0.3 is 12.0 Å². The van der Waals surface area contributed by atoms with Gasteiger partial charge < -0.3 is 15.8 Å². The number of primary amides is 1. The van der Waals surface area contributed by atoms with E-state index in [2.05, 4.69) is 21.2 Å². The predicted molar refractivity (Wildman–Crippen MR) is 90.5 cm³/mol. The summed E-state index contributed by atoms with van der Waals surface area (Å²) in [6.45, 7) is -0.232. The van der Waals surface area contributed by atoms with Gasteiger partial charge in [-0.1, -0.05) is 52.3 Å². The van der Waals surface area contributed by atoms with Gasteiger partial charge in [0.1, 0.15) is 18.5 Å². The number of amides is 2. The van der Waals surface area contributed by atoms with E-state index in [1.54, 1.807) is 6.07 Å². The van der Waals surface area contributed by atoms with E-state index in [-0.39, 0.29) is 18.6 Å². The number of rotatable bonds is 6. The second-order valence-corrected chi connectivity index (χ2v) is 6.01. The average molecular weight is 395 g/mol. The molecule has 0 unspecified atom stereocenters. The van der Waals surface area contributed by atoms with Crippen molar-refractivity contribution in [3.63, 3.8) is 0 Å². The number of halogens is 2. The van der Waals surface area contributed by atoms with Crippen LogP contribution in [-0.4, -0.2) is 18.0 Å². The molecule has 5 nitrogen and oxygen atoms in total. The summed E-state index contributed by atoms with van der Waals surface area (Å²) in [4.78, 5) is 23.3. The fourth-order valence-corrected chi connectivity index (χ4v) is 2.44. The molecule has 3 N–H and O–H groups in total. The van der Waals surface area contributed by atoms with Gasteiger partial charge in [0.15, 0.2) is 0 Å². The summed E-state index contributed by atoms with van der Waals surface area (Å²) in [6.07, 6.45) is 0.228. The van der Waals surface area contributed by atoms with Crippen LogP contribution in [0.4, 0.5) is 9.18 Å². The predicted octanol–water partition coefficient (Wildman–Crippen LogP) is 2.91. The maximum Gasteiger partial charge on any atom is 0.329 e. The van der Waals surface area contributed by atoms with Gasteiger partial charge in [-0.15, -0.1) is 0 Å². The summed E-state index contributed by atoms with van der Waals surface area (Å²) in [5.74, 6) is -1.17. The number of hydrogen-bond donors (Lipinski definition) is 2. The summed E-state index contributed by atoms with van der Waals surface area (Å²) < 4.78 is 19.5. The summed E-state index contributed by atoms with van der Waals surface area (Å²) in [6, 6.07) is 11.8. The molecule has 0 radical (unpaired) electrons. The van der Waals surface area contributed by atoms with Crippen LogP contribution >= 0.6 is 15.9 Å². The highest BCUT2D eigenvalue weighted by Crippen LogP contribution is 2.16. The number of carbonyl (C=O) groups is 2. The van der Waals surface area contributed by atoms with Crippen molar-refractivity contribution >= 4 is 27.9 Å². The van der Waals surface area contributed by atoms with E-state index in [1.807, 2.05) is 30.3 Å². The lowest BCUT2D eigenvalue weighted by molar-refractivity contribution is -0.147. The molecule has 2 rings (SSSR count). The van der Waals surface area contributed by atoms with Crippen LogP contribution in [-0.2, 0) is 22.6 Å². The van der Waals surface area contributed by atoms with Crippen LogP contribution in [0.25, 0.3) is 0 Å². The Balaban J connectivity index is 2.03. The monoisotopic (exact) mass is 394 g/mol. The minimum atomic E-state index is -0.941. The van der Waals surface area contributed by atoms with Crippen molar-refractivity contribution in [2.24, 2.45) is 5.73 Å². The first-order valence-corrected chi connectivity index (χ1v) is 7.95. The number of nitrogens with two attached hydrogens (primary N) is 1. The molecule has 0 spiro atoms. The number of esters is 1. The zero-order valence-corrected chi connectivity index (χ0v) is 14.3. The molecule has 0 aliphatic carbocycles. The SMILES string of the molecule is NC(=O)N[C@@H](Cc1ccccc1)C(=O)OCc1ccc(Br)cc1F. The third-order valence-electron chi connectivity index (χ3n) is 3.27. The summed E-state index contributed by atoms with van der Waals surface area (Å²) in [5, 5.41) is 2.35. The Hall–Kier alpha value is -2.41. The summed E-state index contributed by atoms with van der Waals surface area (Å²) in [7, 11) is 0. The Labute approximate surface area is 147 Å². The Morgan fingerprint density at radius 1 is 1.21 bits per heavy atom. The molecule has 24 heavy (non-hydrogen) atoms. The number of ether oxygens (including phenoxy) is 1. The third kappa shape index (κ3) is 5.34. The number of urea groups is 1. The van der Waals surface area contributed by atoms with Gasteiger partial charge in [0.05, 0.1) is 0 Å². The van der Waals surface area contributed by atoms with Gasteiger partial charge in [-0.05, 0) is 17.7 Å². The quantitative estimate of drug-likeness (QED) is 0.738. The van der Waals surface area contributed by atoms with E-state index in [1.165, 1.54) is 12.1 Å². The number of benzene rings is 2. The van der Waals surface area contributed by atoms with Crippen molar-refractivity contribution in [3.05, 3.63) is 69.9 Å². The van der Waals surface area contributed by atoms with Crippen molar-refractivity contribution in [2.75, 3.05) is 0 Å². The zero-order valence-electron chi connectivity index (χ0n) is 12.7. The van der Waals surface area contributed by atoms with Crippen molar-refractivity contribution in [3.8, 4) is 0 Å². The first-order valence-electron chi connectivity index (χ1n) is 7.16. The zero-order chi connectivity index (χ0) is 17.5. The molecule has 126 valence electrons. The minimum Gasteiger partial charge on any atom is -0.459 e. The van der Waals surface area contributed by atoms with Crippen LogP contribution in [0.2, 0.25) is 0 Å². The van der Waals surface area contributed by atoms with Crippen molar-refractivity contribution in [2.45, 2.75) is 19.1 Å². The molecule has 0 saturated heterocycles. The van der Waals surface area contributed by atoms with Crippen molar-refractivity contribution in [1.82, 2.24) is 5.32 Å². The lowest BCUT2D eigenvalue weighted by atomic mass is 10.1. The average Bonchev–Trinajstić information content (AvgIpc) is 2.53. The first kappa shape index (κ1) is 17.9. The van der Waals surface area contributed by atoms with Gasteiger partial charge in [-0.25, -0.2) is 14.0 Å². The number of nitrogens with one attached hydrogen (secondary N) is 1. The van der Waals surface area contributed by atoms with Crippen LogP contribution in [0.1, 0.15) is 11.1 Å². The molecule has 1 atom stereocenters. The standard InChI is InChI=1S/C17H16BrFN2O3/c18-13-7-6-12(14(19)9-13)10-24-16(22)15(21-17(20)23)8-11-4-2-1-3-5-11/h1-7,9,15H,8,10H2,(H3,20,21,23)/t15-/m0/s1.